The minimum Gasteiger partial charge on any atom is -0.481 e. The van der Waals surface area contributed by atoms with E-state index in [9.17, 15) is 9.59 Å². The summed E-state index contributed by atoms with van der Waals surface area (Å²) in [7, 11) is 1.54. The summed E-state index contributed by atoms with van der Waals surface area (Å²) in [5, 5.41) is 11.6. The third-order valence-corrected chi connectivity index (χ3v) is 2.89. The Bertz CT molecular complexity index is 546. The zero-order chi connectivity index (χ0) is 16.9. The number of aryl methyl sites for hydroxylation is 1. The predicted octanol–water partition coefficient (Wildman–Crippen LogP) is 2.36. The molecule has 1 unspecified atom stereocenters. The van der Waals surface area contributed by atoms with Crippen molar-refractivity contribution in [2.45, 2.75) is 33.8 Å². The van der Waals surface area contributed by atoms with E-state index in [4.69, 9.17) is 9.84 Å². The van der Waals surface area contributed by atoms with Gasteiger partial charge in [0.15, 0.2) is 0 Å². The number of hydrogen-bond acceptors (Lipinski definition) is 4. The summed E-state index contributed by atoms with van der Waals surface area (Å²) in [5.41, 5.74) is 1.35. The summed E-state index contributed by atoms with van der Waals surface area (Å²) in [6.07, 6.45) is 1.58. The molecule has 1 rings (SSSR count). The summed E-state index contributed by atoms with van der Waals surface area (Å²) in [5.74, 6) is -1.24. The monoisotopic (exact) mass is 309 g/mol. The Balaban J connectivity index is 2.82. The SMILES string of the molecule is Cc1cnc(OC(C)C)c(NC(=O)N(C)CC(C)C(=O)O)c1. The van der Waals surface area contributed by atoms with Crippen LogP contribution < -0.4 is 10.1 Å². The number of aliphatic carboxylic acids is 1. The maximum Gasteiger partial charge on any atom is 0.321 e. The van der Waals surface area contributed by atoms with E-state index in [1.54, 1.807) is 26.2 Å². The number of nitrogens with zero attached hydrogens (tertiary/aromatic N) is 2. The molecule has 0 spiro atoms. The van der Waals surface area contributed by atoms with Crippen LogP contribution in [0.25, 0.3) is 0 Å². The van der Waals surface area contributed by atoms with E-state index in [0.29, 0.717) is 11.6 Å². The molecule has 0 aliphatic carbocycles. The third kappa shape index (κ3) is 5.23. The first-order valence-electron chi connectivity index (χ1n) is 7.09. The summed E-state index contributed by atoms with van der Waals surface area (Å²) in [6, 6.07) is 1.35. The van der Waals surface area contributed by atoms with E-state index < -0.39 is 17.9 Å². The Hall–Kier alpha value is -2.31. The van der Waals surface area contributed by atoms with Gasteiger partial charge in [0.2, 0.25) is 5.88 Å². The molecule has 0 bridgehead atoms. The van der Waals surface area contributed by atoms with Gasteiger partial charge in [-0.3, -0.25) is 4.79 Å². The molecule has 7 nitrogen and oxygen atoms in total. The molecule has 0 radical (unpaired) electrons. The lowest BCUT2D eigenvalue weighted by Crippen LogP contribution is -2.36. The molecule has 0 fully saturated rings. The van der Waals surface area contributed by atoms with Crippen LogP contribution in [-0.4, -0.2) is 46.7 Å². The Morgan fingerprint density at radius 3 is 2.59 bits per heavy atom. The number of ether oxygens (including phenoxy) is 1. The number of nitrogens with one attached hydrogen (secondary N) is 1. The van der Waals surface area contributed by atoms with Crippen LogP contribution in [0.2, 0.25) is 0 Å². The van der Waals surface area contributed by atoms with E-state index in [2.05, 4.69) is 10.3 Å². The van der Waals surface area contributed by atoms with Gasteiger partial charge in [-0.25, -0.2) is 9.78 Å². The van der Waals surface area contributed by atoms with Gasteiger partial charge in [0.05, 0.1) is 12.0 Å². The molecule has 0 saturated heterocycles. The molecule has 0 aromatic carbocycles. The first-order valence-corrected chi connectivity index (χ1v) is 7.09. The number of hydrogen-bond donors (Lipinski definition) is 2. The Morgan fingerprint density at radius 1 is 1.41 bits per heavy atom. The molecule has 0 saturated carbocycles. The second-order valence-corrected chi connectivity index (χ2v) is 5.58. The van der Waals surface area contributed by atoms with Crippen LogP contribution >= 0.6 is 0 Å². The molecule has 1 aromatic rings. The van der Waals surface area contributed by atoms with Crippen molar-refractivity contribution in [3.63, 3.8) is 0 Å². The largest absolute Gasteiger partial charge is 0.481 e. The molecule has 1 heterocycles. The average Bonchev–Trinajstić information content (AvgIpc) is 2.41. The number of aromatic nitrogens is 1. The Labute approximate surface area is 130 Å². The summed E-state index contributed by atoms with van der Waals surface area (Å²) >= 11 is 0. The van der Waals surface area contributed by atoms with Gasteiger partial charge in [-0.15, -0.1) is 0 Å². The van der Waals surface area contributed by atoms with Crippen molar-refractivity contribution in [2.75, 3.05) is 18.9 Å². The number of carboxylic acid groups (broad SMARTS) is 1. The maximum absolute atomic E-state index is 12.2. The molecule has 0 aliphatic rings. The van der Waals surface area contributed by atoms with Gasteiger partial charge in [-0.05, 0) is 32.4 Å². The quantitative estimate of drug-likeness (QED) is 0.841. The van der Waals surface area contributed by atoms with Gasteiger partial charge in [0, 0.05) is 19.8 Å². The molecule has 0 aliphatic heterocycles. The average molecular weight is 309 g/mol. The number of carbonyl (C=O) groups is 2. The fourth-order valence-electron chi connectivity index (χ4n) is 1.75. The van der Waals surface area contributed by atoms with Gasteiger partial charge < -0.3 is 20.1 Å². The first kappa shape index (κ1) is 17.7. The van der Waals surface area contributed by atoms with E-state index in [1.807, 2.05) is 20.8 Å². The van der Waals surface area contributed by atoms with Gasteiger partial charge >= 0.3 is 12.0 Å². The number of amides is 2. The molecular weight excluding hydrogens is 286 g/mol. The van der Waals surface area contributed by atoms with E-state index in [1.165, 1.54) is 4.90 Å². The first-order chi connectivity index (χ1) is 10.2. The predicted molar refractivity (Wildman–Crippen MR) is 83.2 cm³/mol. The summed E-state index contributed by atoms with van der Waals surface area (Å²) < 4.78 is 5.56. The molecule has 22 heavy (non-hydrogen) atoms. The number of pyridine rings is 1. The second-order valence-electron chi connectivity index (χ2n) is 5.58. The molecule has 1 atom stereocenters. The van der Waals surface area contributed by atoms with Crippen LogP contribution in [0.5, 0.6) is 5.88 Å². The number of carboxylic acids is 1. The molecule has 2 N–H and O–H groups in total. The van der Waals surface area contributed by atoms with Crippen LogP contribution in [0, 0.1) is 12.8 Å². The molecule has 122 valence electrons. The Morgan fingerprint density at radius 2 is 2.05 bits per heavy atom. The van der Waals surface area contributed by atoms with Crippen LogP contribution in [-0.2, 0) is 4.79 Å². The summed E-state index contributed by atoms with van der Waals surface area (Å²) in [6.45, 7) is 7.26. The van der Waals surface area contributed by atoms with Crippen molar-refractivity contribution < 1.29 is 19.4 Å². The van der Waals surface area contributed by atoms with Crippen molar-refractivity contribution in [3.05, 3.63) is 17.8 Å². The summed E-state index contributed by atoms with van der Waals surface area (Å²) in [4.78, 5) is 28.5. The smallest absolute Gasteiger partial charge is 0.321 e. The fourth-order valence-corrected chi connectivity index (χ4v) is 1.75. The van der Waals surface area contributed by atoms with Crippen LogP contribution in [0.1, 0.15) is 26.3 Å². The van der Waals surface area contributed by atoms with Crippen molar-refractivity contribution in [2.24, 2.45) is 5.92 Å². The molecular formula is C15H23N3O4. The fraction of sp³-hybridized carbons (Fsp3) is 0.533. The minimum atomic E-state index is -0.944. The zero-order valence-corrected chi connectivity index (χ0v) is 13.6. The van der Waals surface area contributed by atoms with Crippen LogP contribution in [0.3, 0.4) is 0 Å². The van der Waals surface area contributed by atoms with Crippen LogP contribution in [0.4, 0.5) is 10.5 Å². The van der Waals surface area contributed by atoms with Gasteiger partial charge in [0.1, 0.15) is 5.69 Å². The molecule has 1 aromatic heterocycles. The van der Waals surface area contributed by atoms with Crippen molar-refractivity contribution in [1.82, 2.24) is 9.88 Å². The van der Waals surface area contributed by atoms with Gasteiger partial charge in [-0.2, -0.15) is 0 Å². The zero-order valence-electron chi connectivity index (χ0n) is 13.6. The minimum absolute atomic E-state index is 0.0735. The van der Waals surface area contributed by atoms with Crippen LogP contribution in [0.15, 0.2) is 12.3 Å². The lowest BCUT2D eigenvalue weighted by molar-refractivity contribution is -0.141. The lowest BCUT2D eigenvalue weighted by Gasteiger charge is -2.21. The molecule has 7 heteroatoms. The normalized spacial score (nSPS) is 11.9. The third-order valence-electron chi connectivity index (χ3n) is 2.89. The number of anilines is 1. The van der Waals surface area contributed by atoms with Crippen molar-refractivity contribution >= 4 is 17.7 Å². The second kappa shape index (κ2) is 7.63. The van der Waals surface area contributed by atoms with Gasteiger partial charge in [0.25, 0.3) is 0 Å². The van der Waals surface area contributed by atoms with Crippen molar-refractivity contribution in [3.8, 4) is 5.88 Å². The van der Waals surface area contributed by atoms with Crippen molar-refractivity contribution in [1.29, 1.82) is 0 Å². The Kier molecular flexibility index (Phi) is 6.15. The maximum atomic E-state index is 12.2. The highest BCUT2D eigenvalue weighted by molar-refractivity contribution is 5.90. The highest BCUT2D eigenvalue weighted by Gasteiger charge is 2.19. The van der Waals surface area contributed by atoms with E-state index in [-0.39, 0.29) is 12.6 Å². The highest BCUT2D eigenvalue weighted by atomic mass is 16.5. The van der Waals surface area contributed by atoms with E-state index in [0.717, 1.165) is 5.56 Å². The van der Waals surface area contributed by atoms with Gasteiger partial charge in [-0.1, -0.05) is 6.92 Å². The topological polar surface area (TPSA) is 91.8 Å². The number of rotatable bonds is 6. The number of carbonyl (C=O) groups excluding carboxylic acids is 1. The highest BCUT2D eigenvalue weighted by Crippen LogP contribution is 2.24. The van der Waals surface area contributed by atoms with E-state index >= 15 is 0 Å². The molecule has 2 amide bonds. The number of urea groups is 1. The lowest BCUT2D eigenvalue weighted by atomic mass is 10.2. The standard InChI is InChI=1S/C15H23N3O4/c1-9(2)22-13-12(6-10(3)7-16-13)17-15(21)18(5)8-11(4)14(19)20/h6-7,9,11H,8H2,1-5H3,(H,17,21)(H,19,20).